The fourth-order valence-corrected chi connectivity index (χ4v) is 2.47. The van der Waals surface area contributed by atoms with Gasteiger partial charge in [-0.2, -0.15) is 13.2 Å². The average Bonchev–Trinajstić information content (AvgIpc) is 2.53. The van der Waals surface area contributed by atoms with E-state index >= 15 is 0 Å². The fourth-order valence-electron chi connectivity index (χ4n) is 2.47. The van der Waals surface area contributed by atoms with Gasteiger partial charge < -0.3 is 5.11 Å². The molecular formula is C17H10F3NO3. The number of rotatable bonds is 2. The van der Waals surface area contributed by atoms with Gasteiger partial charge in [0.05, 0.1) is 11.1 Å². The highest BCUT2D eigenvalue weighted by molar-refractivity contribution is 5.93. The second-order valence-corrected chi connectivity index (χ2v) is 5.11. The molecule has 0 unspecified atom stereocenters. The van der Waals surface area contributed by atoms with Crippen LogP contribution >= 0.6 is 0 Å². The molecule has 0 fully saturated rings. The Kier molecular flexibility index (Phi) is 3.63. The Morgan fingerprint density at radius 2 is 1.62 bits per heavy atom. The molecule has 1 N–H and O–H groups in total. The molecule has 0 saturated carbocycles. The van der Waals surface area contributed by atoms with Crippen LogP contribution in [0.25, 0.3) is 16.6 Å². The van der Waals surface area contributed by atoms with E-state index in [2.05, 4.69) is 0 Å². The van der Waals surface area contributed by atoms with Crippen LogP contribution in [0.4, 0.5) is 13.2 Å². The third-order valence-electron chi connectivity index (χ3n) is 3.59. The summed E-state index contributed by atoms with van der Waals surface area (Å²) in [6.45, 7) is 0. The maximum Gasteiger partial charge on any atom is 0.416 e. The molecule has 7 heteroatoms. The molecule has 3 rings (SSSR count). The molecular weight excluding hydrogens is 323 g/mol. The Hall–Kier alpha value is -3.09. The van der Waals surface area contributed by atoms with Crippen LogP contribution in [-0.4, -0.2) is 15.6 Å². The first-order chi connectivity index (χ1) is 11.3. The summed E-state index contributed by atoms with van der Waals surface area (Å²) in [5, 5.41) is 9.68. The average molecular weight is 333 g/mol. The Morgan fingerprint density at radius 3 is 2.21 bits per heavy atom. The van der Waals surface area contributed by atoms with Gasteiger partial charge in [-0.15, -0.1) is 0 Å². The van der Waals surface area contributed by atoms with Crippen molar-refractivity contribution in [1.29, 1.82) is 0 Å². The summed E-state index contributed by atoms with van der Waals surface area (Å²) >= 11 is 0. The maximum atomic E-state index is 12.7. The van der Waals surface area contributed by atoms with Crippen LogP contribution in [0.1, 0.15) is 15.9 Å². The van der Waals surface area contributed by atoms with Crippen molar-refractivity contribution in [2.75, 3.05) is 0 Å². The number of halogens is 3. The van der Waals surface area contributed by atoms with Crippen LogP contribution < -0.4 is 5.56 Å². The van der Waals surface area contributed by atoms with Crippen molar-refractivity contribution in [2.45, 2.75) is 6.18 Å². The zero-order valence-electron chi connectivity index (χ0n) is 12.0. The third kappa shape index (κ3) is 2.64. The molecule has 3 aromatic rings. The van der Waals surface area contributed by atoms with Gasteiger partial charge in [-0.3, -0.25) is 9.36 Å². The van der Waals surface area contributed by atoms with Crippen LogP contribution in [0.5, 0.6) is 0 Å². The van der Waals surface area contributed by atoms with Crippen molar-refractivity contribution in [2.24, 2.45) is 0 Å². The number of aromatic carboxylic acids is 1. The van der Waals surface area contributed by atoms with Gasteiger partial charge in [-0.05, 0) is 41.8 Å². The predicted octanol–water partition coefficient (Wildman–Crippen LogP) is 3.71. The summed E-state index contributed by atoms with van der Waals surface area (Å²) in [5.41, 5.74) is -1.54. The van der Waals surface area contributed by atoms with Crippen molar-refractivity contribution in [3.8, 4) is 5.69 Å². The molecule has 0 atom stereocenters. The molecule has 4 nitrogen and oxygen atoms in total. The molecule has 24 heavy (non-hydrogen) atoms. The lowest BCUT2D eigenvalue weighted by atomic mass is 10.1. The number of hydrogen-bond acceptors (Lipinski definition) is 2. The van der Waals surface area contributed by atoms with Crippen molar-refractivity contribution >= 4 is 16.9 Å². The van der Waals surface area contributed by atoms with Gasteiger partial charge in [-0.1, -0.05) is 18.2 Å². The molecule has 122 valence electrons. The molecule has 1 heterocycles. The highest BCUT2D eigenvalue weighted by Gasteiger charge is 2.30. The van der Waals surface area contributed by atoms with Gasteiger partial charge in [0.1, 0.15) is 5.56 Å². The van der Waals surface area contributed by atoms with E-state index < -0.39 is 28.8 Å². The molecule has 0 aliphatic heterocycles. The number of hydrogen-bond donors (Lipinski definition) is 1. The van der Waals surface area contributed by atoms with Gasteiger partial charge in [0.25, 0.3) is 5.56 Å². The van der Waals surface area contributed by atoms with Gasteiger partial charge in [0, 0.05) is 5.69 Å². The Morgan fingerprint density at radius 1 is 1.00 bits per heavy atom. The summed E-state index contributed by atoms with van der Waals surface area (Å²) in [4.78, 5) is 23.7. The molecule has 0 amide bonds. The fraction of sp³-hybridized carbons (Fsp3) is 0.0588. The number of carbonyl (C=O) groups is 1. The standard InChI is InChI=1S/C17H10F3NO3/c18-17(19,20)11-5-7-12(8-6-11)21-14-4-2-1-3-10(14)9-13(15(21)22)16(23)24/h1-9H,(H,23,24). The number of benzene rings is 2. The van der Waals surface area contributed by atoms with Crippen LogP contribution in [-0.2, 0) is 6.18 Å². The molecule has 0 bridgehead atoms. The highest BCUT2D eigenvalue weighted by Crippen LogP contribution is 2.30. The zero-order valence-corrected chi connectivity index (χ0v) is 12.0. The summed E-state index contributed by atoms with van der Waals surface area (Å²) in [6.07, 6.45) is -4.49. The summed E-state index contributed by atoms with van der Waals surface area (Å²) < 4.78 is 39.1. The number of fused-ring (bicyclic) bond motifs is 1. The Balaban J connectivity index is 2.31. The van der Waals surface area contributed by atoms with Crippen LogP contribution in [0.2, 0.25) is 0 Å². The van der Waals surface area contributed by atoms with Crippen molar-refractivity contribution < 1.29 is 23.1 Å². The van der Waals surface area contributed by atoms with E-state index in [1.165, 1.54) is 6.07 Å². The smallest absolute Gasteiger partial charge is 0.416 e. The number of pyridine rings is 1. The third-order valence-corrected chi connectivity index (χ3v) is 3.59. The zero-order chi connectivity index (χ0) is 17.5. The number of para-hydroxylation sites is 1. The lowest BCUT2D eigenvalue weighted by Gasteiger charge is -2.13. The minimum absolute atomic E-state index is 0.160. The van der Waals surface area contributed by atoms with Crippen LogP contribution in [0.15, 0.2) is 59.4 Å². The lowest BCUT2D eigenvalue weighted by Crippen LogP contribution is -2.25. The van der Waals surface area contributed by atoms with Crippen LogP contribution in [0.3, 0.4) is 0 Å². The lowest BCUT2D eigenvalue weighted by molar-refractivity contribution is -0.137. The van der Waals surface area contributed by atoms with Gasteiger partial charge in [0.2, 0.25) is 0 Å². The molecule has 0 aliphatic carbocycles. The topological polar surface area (TPSA) is 59.3 Å². The van der Waals surface area contributed by atoms with E-state index in [1.807, 2.05) is 0 Å². The molecule has 1 aromatic heterocycles. The predicted molar refractivity (Wildman–Crippen MR) is 81.5 cm³/mol. The van der Waals surface area contributed by atoms with E-state index in [1.54, 1.807) is 24.3 Å². The summed E-state index contributed by atoms with van der Waals surface area (Å²) in [7, 11) is 0. The van der Waals surface area contributed by atoms with Crippen LogP contribution in [0, 0.1) is 0 Å². The van der Waals surface area contributed by atoms with E-state index in [9.17, 15) is 27.9 Å². The number of alkyl halides is 3. The number of carboxylic acids is 1. The Bertz CT molecular complexity index is 989. The van der Waals surface area contributed by atoms with E-state index in [0.717, 1.165) is 28.8 Å². The Labute approximate surface area is 133 Å². The van der Waals surface area contributed by atoms with Gasteiger partial charge >= 0.3 is 12.1 Å². The largest absolute Gasteiger partial charge is 0.477 e. The summed E-state index contributed by atoms with van der Waals surface area (Å²) in [6, 6.07) is 11.8. The SMILES string of the molecule is O=C(O)c1cc2ccccc2n(-c2ccc(C(F)(F)F)cc2)c1=O. The first-order valence-corrected chi connectivity index (χ1v) is 6.85. The monoisotopic (exact) mass is 333 g/mol. The van der Waals surface area contributed by atoms with E-state index in [0.29, 0.717) is 10.9 Å². The first-order valence-electron chi connectivity index (χ1n) is 6.85. The minimum atomic E-state index is -4.49. The molecule has 0 saturated heterocycles. The number of carboxylic acid groups (broad SMARTS) is 1. The van der Waals surface area contributed by atoms with E-state index in [4.69, 9.17) is 0 Å². The number of nitrogens with zero attached hydrogens (tertiary/aromatic N) is 1. The summed E-state index contributed by atoms with van der Waals surface area (Å²) in [5.74, 6) is -1.40. The molecule has 0 radical (unpaired) electrons. The number of aromatic nitrogens is 1. The maximum absolute atomic E-state index is 12.7. The van der Waals surface area contributed by atoms with E-state index in [-0.39, 0.29) is 5.69 Å². The second-order valence-electron chi connectivity index (χ2n) is 5.11. The second kappa shape index (κ2) is 5.52. The van der Waals surface area contributed by atoms with Crippen molar-refractivity contribution in [1.82, 2.24) is 4.57 Å². The minimum Gasteiger partial charge on any atom is -0.477 e. The van der Waals surface area contributed by atoms with Crippen molar-refractivity contribution in [3.63, 3.8) is 0 Å². The molecule has 0 spiro atoms. The molecule has 0 aliphatic rings. The normalized spacial score (nSPS) is 11.6. The molecule has 2 aromatic carbocycles. The van der Waals surface area contributed by atoms with Gasteiger partial charge in [0.15, 0.2) is 0 Å². The van der Waals surface area contributed by atoms with Crippen molar-refractivity contribution in [3.05, 3.63) is 76.1 Å². The quantitative estimate of drug-likeness (QED) is 0.778. The highest BCUT2D eigenvalue weighted by atomic mass is 19.4. The van der Waals surface area contributed by atoms with Gasteiger partial charge in [-0.25, -0.2) is 4.79 Å². The first kappa shape index (κ1) is 15.8.